The van der Waals surface area contributed by atoms with Gasteiger partial charge in [0.2, 0.25) is 5.91 Å². The Bertz CT molecular complexity index is 1170. The molecule has 154 valence electrons. The van der Waals surface area contributed by atoms with Crippen molar-refractivity contribution in [3.63, 3.8) is 0 Å². The number of H-pyrrole nitrogens is 1. The van der Waals surface area contributed by atoms with Gasteiger partial charge in [-0.05, 0) is 73.1 Å². The number of aromatic nitrogens is 2. The number of aryl methyl sites for hydroxylation is 2. The third-order valence-corrected chi connectivity index (χ3v) is 6.31. The summed E-state index contributed by atoms with van der Waals surface area (Å²) in [5.41, 5.74) is 11.0. The zero-order chi connectivity index (χ0) is 21.0. The van der Waals surface area contributed by atoms with Crippen LogP contribution < -0.4 is 11.1 Å². The van der Waals surface area contributed by atoms with E-state index in [1.165, 1.54) is 6.07 Å². The van der Waals surface area contributed by atoms with Crippen molar-refractivity contribution in [3.8, 4) is 22.4 Å². The van der Waals surface area contributed by atoms with Crippen LogP contribution in [0.15, 0.2) is 36.4 Å². The molecular weight excluding hydrogens is 403 g/mol. The molecule has 4 N–H and O–H groups in total. The lowest BCUT2D eigenvalue weighted by molar-refractivity contribution is -0.124. The lowest BCUT2D eigenvalue weighted by atomic mass is 9.94. The van der Waals surface area contributed by atoms with Crippen LogP contribution in [0.4, 0.5) is 4.39 Å². The van der Waals surface area contributed by atoms with Gasteiger partial charge in [0.1, 0.15) is 5.82 Å². The molecule has 0 bridgehead atoms. The van der Waals surface area contributed by atoms with E-state index in [2.05, 4.69) is 21.6 Å². The Morgan fingerprint density at radius 1 is 1.30 bits per heavy atom. The molecule has 0 saturated heterocycles. The van der Waals surface area contributed by atoms with Crippen LogP contribution in [0, 0.1) is 12.7 Å². The molecule has 0 spiro atoms. The van der Waals surface area contributed by atoms with Crippen LogP contribution in [0.5, 0.6) is 0 Å². The minimum absolute atomic E-state index is 0.0351. The number of hydrogen-bond acceptors (Lipinski definition) is 3. The summed E-state index contributed by atoms with van der Waals surface area (Å²) in [6.45, 7) is 1.88. The number of hydrogen-bond donors (Lipinski definition) is 3. The van der Waals surface area contributed by atoms with Crippen molar-refractivity contribution in [1.82, 2.24) is 15.5 Å². The van der Waals surface area contributed by atoms with Gasteiger partial charge >= 0.3 is 0 Å². The predicted octanol–water partition coefficient (Wildman–Crippen LogP) is 4.44. The molecule has 1 amide bonds. The number of halogens is 2. The fourth-order valence-electron chi connectivity index (χ4n) is 4.21. The number of fused-ring (bicyclic) bond motifs is 1. The van der Waals surface area contributed by atoms with E-state index in [-0.39, 0.29) is 11.9 Å². The summed E-state index contributed by atoms with van der Waals surface area (Å²) in [4.78, 5) is 12.4. The Labute approximate surface area is 178 Å². The molecule has 1 atom stereocenters. The highest BCUT2D eigenvalue weighted by molar-refractivity contribution is 6.31. The Kier molecular flexibility index (Phi) is 4.45. The van der Waals surface area contributed by atoms with Gasteiger partial charge < -0.3 is 11.1 Å². The highest BCUT2D eigenvalue weighted by Gasteiger charge is 2.46. The number of rotatable bonds is 4. The summed E-state index contributed by atoms with van der Waals surface area (Å²) < 4.78 is 14.9. The molecule has 0 aliphatic heterocycles. The van der Waals surface area contributed by atoms with Crippen LogP contribution in [-0.2, 0) is 11.2 Å². The molecule has 5 rings (SSSR count). The van der Waals surface area contributed by atoms with Crippen LogP contribution in [0.3, 0.4) is 0 Å². The van der Waals surface area contributed by atoms with Crippen molar-refractivity contribution >= 4 is 17.5 Å². The number of carbonyl (C=O) groups excluding carboxylic acids is 1. The maximum atomic E-state index is 14.9. The molecule has 1 fully saturated rings. The van der Waals surface area contributed by atoms with Gasteiger partial charge in [0, 0.05) is 16.3 Å². The Morgan fingerprint density at radius 3 is 2.80 bits per heavy atom. The molecule has 0 radical (unpaired) electrons. The lowest BCUT2D eigenvalue weighted by Gasteiger charge is -2.18. The van der Waals surface area contributed by atoms with Gasteiger partial charge in [0.05, 0.1) is 17.3 Å². The Hall–Kier alpha value is -2.70. The molecule has 2 aliphatic rings. The molecule has 2 aliphatic carbocycles. The average Bonchev–Trinajstić information content (AvgIpc) is 3.13. The lowest BCUT2D eigenvalue weighted by Crippen LogP contribution is -2.43. The van der Waals surface area contributed by atoms with Crippen LogP contribution in [-0.4, -0.2) is 21.6 Å². The molecule has 5 nitrogen and oxygen atoms in total. The summed E-state index contributed by atoms with van der Waals surface area (Å²) in [6, 6.07) is 10.9. The smallest absolute Gasteiger partial charge is 0.240 e. The zero-order valence-electron chi connectivity index (χ0n) is 16.6. The quantitative estimate of drug-likeness (QED) is 0.579. The molecule has 7 heteroatoms. The molecule has 2 aromatic carbocycles. The molecular formula is C23H22ClFN4O. The minimum Gasteiger partial charge on any atom is -0.348 e. The van der Waals surface area contributed by atoms with E-state index in [0.29, 0.717) is 21.8 Å². The molecule has 1 saturated carbocycles. The number of benzene rings is 2. The molecule has 1 heterocycles. The zero-order valence-corrected chi connectivity index (χ0v) is 17.3. The summed E-state index contributed by atoms with van der Waals surface area (Å²) in [5, 5.41) is 10.5. The summed E-state index contributed by atoms with van der Waals surface area (Å²) in [7, 11) is 0. The number of carbonyl (C=O) groups is 1. The fourth-order valence-corrected chi connectivity index (χ4v) is 4.41. The van der Waals surface area contributed by atoms with Crippen LogP contribution >= 0.6 is 11.6 Å². The first-order chi connectivity index (χ1) is 14.3. The third kappa shape index (κ3) is 3.30. The second kappa shape index (κ2) is 6.93. The number of aromatic amines is 1. The van der Waals surface area contributed by atoms with E-state index < -0.39 is 11.4 Å². The largest absolute Gasteiger partial charge is 0.348 e. The maximum absolute atomic E-state index is 14.9. The normalized spacial score (nSPS) is 18.9. The monoisotopic (exact) mass is 424 g/mol. The van der Waals surface area contributed by atoms with Gasteiger partial charge in [-0.1, -0.05) is 29.8 Å². The second-order valence-electron chi connectivity index (χ2n) is 8.38. The van der Waals surface area contributed by atoms with Crippen LogP contribution in [0.1, 0.15) is 42.1 Å². The third-order valence-electron chi connectivity index (χ3n) is 6.10. The number of nitrogens with two attached hydrogens (primary N) is 1. The Balaban J connectivity index is 1.52. The first-order valence-corrected chi connectivity index (χ1v) is 10.5. The number of nitrogens with one attached hydrogen (secondary N) is 2. The number of amides is 1. The van der Waals surface area contributed by atoms with Crippen LogP contribution in [0.2, 0.25) is 5.02 Å². The molecule has 0 unspecified atom stereocenters. The van der Waals surface area contributed by atoms with Crippen LogP contribution in [0.25, 0.3) is 22.4 Å². The number of nitrogens with zero attached hydrogens (tertiary/aromatic N) is 1. The minimum atomic E-state index is -0.683. The van der Waals surface area contributed by atoms with Crippen molar-refractivity contribution in [3.05, 3.63) is 64.1 Å². The summed E-state index contributed by atoms with van der Waals surface area (Å²) >= 11 is 6.18. The highest BCUT2D eigenvalue weighted by Crippen LogP contribution is 2.40. The molecule has 30 heavy (non-hydrogen) atoms. The van der Waals surface area contributed by atoms with Gasteiger partial charge in [0.15, 0.2) is 0 Å². The fraction of sp³-hybridized carbons (Fsp3) is 0.304. The molecule has 1 aromatic heterocycles. The SMILES string of the molecule is Cc1cc(-c2c(F)cc(Cl)cc2-c2ccc3c(c2)CC[C@@H]3NC(=O)C2(N)CC2)n[nH]1. The van der Waals surface area contributed by atoms with Gasteiger partial charge in [0.25, 0.3) is 0 Å². The van der Waals surface area contributed by atoms with E-state index in [9.17, 15) is 9.18 Å². The van der Waals surface area contributed by atoms with E-state index in [4.69, 9.17) is 17.3 Å². The Morgan fingerprint density at radius 2 is 2.10 bits per heavy atom. The summed E-state index contributed by atoms with van der Waals surface area (Å²) in [5.74, 6) is -0.482. The van der Waals surface area contributed by atoms with Gasteiger partial charge in [-0.25, -0.2) is 4.39 Å². The maximum Gasteiger partial charge on any atom is 0.240 e. The van der Waals surface area contributed by atoms with Crippen molar-refractivity contribution < 1.29 is 9.18 Å². The van der Waals surface area contributed by atoms with Crippen molar-refractivity contribution in [2.75, 3.05) is 0 Å². The van der Waals surface area contributed by atoms with Crippen molar-refractivity contribution in [2.24, 2.45) is 5.73 Å². The summed E-state index contributed by atoms with van der Waals surface area (Å²) in [6.07, 6.45) is 3.15. The standard InChI is InChI=1S/C23H22ClFN4O/c1-12-8-20(29-28-12)21-17(10-15(24)11-18(21)25)14-2-4-16-13(9-14)3-5-19(16)27-22(30)23(26)6-7-23/h2,4,8-11,19H,3,5-7,26H2,1H3,(H,27,30)(H,28,29)/t19-/m0/s1. The van der Waals surface area contributed by atoms with E-state index in [1.807, 2.05) is 25.1 Å². The molecule has 3 aromatic rings. The average molecular weight is 425 g/mol. The van der Waals surface area contributed by atoms with Crippen molar-refractivity contribution in [2.45, 2.75) is 44.2 Å². The first kappa shape index (κ1) is 19.3. The van der Waals surface area contributed by atoms with Crippen molar-refractivity contribution in [1.29, 1.82) is 0 Å². The topological polar surface area (TPSA) is 83.8 Å². The van der Waals surface area contributed by atoms with E-state index >= 15 is 0 Å². The van der Waals surface area contributed by atoms with Gasteiger partial charge in [-0.3, -0.25) is 9.89 Å². The van der Waals surface area contributed by atoms with E-state index in [1.54, 1.807) is 6.07 Å². The highest BCUT2D eigenvalue weighted by atomic mass is 35.5. The second-order valence-corrected chi connectivity index (χ2v) is 8.82. The predicted molar refractivity (Wildman–Crippen MR) is 115 cm³/mol. The first-order valence-electron chi connectivity index (χ1n) is 10.1. The van der Waals surface area contributed by atoms with E-state index in [0.717, 1.165) is 48.1 Å². The van der Waals surface area contributed by atoms with Gasteiger partial charge in [-0.2, -0.15) is 5.10 Å². The van der Waals surface area contributed by atoms with Gasteiger partial charge in [-0.15, -0.1) is 0 Å².